The molecule has 6 aromatic rings. The van der Waals surface area contributed by atoms with E-state index in [4.69, 9.17) is 9.40 Å². The first-order valence-electron chi connectivity index (χ1n) is 17.7. The van der Waals surface area contributed by atoms with Gasteiger partial charge in [-0.2, -0.15) is 0 Å². The van der Waals surface area contributed by atoms with Crippen molar-refractivity contribution < 1.29 is 24.5 Å². The fraction of sp³-hybridized carbons (Fsp3) is 0.364. The van der Waals surface area contributed by atoms with Gasteiger partial charge in [-0.3, -0.25) is 0 Å². The van der Waals surface area contributed by atoms with Gasteiger partial charge in [-0.05, 0) is 47.2 Å². The molecule has 5 heteroatoms. The number of rotatable bonds is 9. The summed E-state index contributed by atoms with van der Waals surface area (Å²) in [5.41, 5.74) is 10.1. The van der Waals surface area contributed by atoms with Crippen LogP contribution in [0, 0.1) is 24.0 Å². The molecule has 0 aliphatic rings. The number of furan rings is 1. The molecule has 2 unspecified atom stereocenters. The van der Waals surface area contributed by atoms with E-state index in [0.29, 0.717) is 17.8 Å². The van der Waals surface area contributed by atoms with Gasteiger partial charge in [-0.1, -0.05) is 57.7 Å². The van der Waals surface area contributed by atoms with E-state index in [1.54, 1.807) is 4.40 Å². The van der Waals surface area contributed by atoms with E-state index in [0.717, 1.165) is 56.8 Å². The van der Waals surface area contributed by atoms with Crippen LogP contribution in [0.3, 0.4) is 0 Å². The number of pyridine rings is 2. The van der Waals surface area contributed by atoms with Gasteiger partial charge in [0.25, 0.3) is 0 Å². The van der Waals surface area contributed by atoms with Crippen molar-refractivity contribution in [2.45, 2.75) is 90.4 Å². The Morgan fingerprint density at radius 1 is 0.755 bits per heavy atom. The first-order valence-corrected chi connectivity index (χ1v) is 25.0. The number of nitrogens with zero attached hydrogens (tertiary/aromatic N) is 2. The Labute approximate surface area is 311 Å². The molecule has 3 aromatic heterocycles. The van der Waals surface area contributed by atoms with E-state index in [1.165, 1.54) is 23.1 Å². The molecule has 0 bridgehead atoms. The maximum Gasteiger partial charge on any atom is 0 e. The van der Waals surface area contributed by atoms with E-state index in [1.807, 2.05) is 24.4 Å². The number of hydrogen-bond donors (Lipinski definition) is 0. The van der Waals surface area contributed by atoms with E-state index in [-0.39, 0.29) is 20.1 Å². The van der Waals surface area contributed by atoms with Gasteiger partial charge in [0.1, 0.15) is 5.58 Å². The average Bonchev–Trinajstić information content (AvgIpc) is 3.45. The van der Waals surface area contributed by atoms with Crippen LogP contribution in [0.4, 0.5) is 0 Å². The van der Waals surface area contributed by atoms with Gasteiger partial charge in [-0.15, -0.1) is 23.8 Å². The van der Waals surface area contributed by atoms with E-state index in [9.17, 15) is 0 Å². The van der Waals surface area contributed by atoms with E-state index < -0.39 is 13.3 Å². The van der Waals surface area contributed by atoms with Crippen molar-refractivity contribution in [3.8, 4) is 22.5 Å². The van der Waals surface area contributed by atoms with Gasteiger partial charge in [-0.25, -0.2) is 0 Å². The summed E-state index contributed by atoms with van der Waals surface area (Å²) in [5, 5.41) is 2.29. The van der Waals surface area contributed by atoms with Crippen molar-refractivity contribution in [3.05, 3.63) is 114 Å². The molecule has 49 heavy (non-hydrogen) atoms. The number of benzene rings is 3. The van der Waals surface area contributed by atoms with Crippen LogP contribution in [0.1, 0.15) is 83.4 Å². The van der Waals surface area contributed by atoms with Crippen LogP contribution in [0.5, 0.6) is 0 Å². The zero-order chi connectivity index (χ0) is 34.6. The predicted molar refractivity (Wildman–Crippen MR) is 208 cm³/mol. The molecular formula is C44H52GeIrN2O-2. The third-order valence-corrected chi connectivity index (χ3v) is 14.1. The zero-order valence-corrected chi connectivity index (χ0v) is 35.4. The molecule has 0 aliphatic heterocycles. The molecule has 3 heterocycles. The Kier molecular flexibility index (Phi) is 13.3. The number of fused-ring (bicyclic) bond motifs is 3. The van der Waals surface area contributed by atoms with Crippen LogP contribution in [-0.4, -0.2) is 23.2 Å². The molecule has 1 radical (unpaired) electrons. The fourth-order valence-electron chi connectivity index (χ4n) is 6.07. The third kappa shape index (κ3) is 9.40. The summed E-state index contributed by atoms with van der Waals surface area (Å²) in [6.07, 6.45) is 6.45. The Balaban J connectivity index is 0.000000224. The van der Waals surface area contributed by atoms with Gasteiger partial charge >= 0.3 is 132 Å². The maximum absolute atomic E-state index is 6.02. The molecular weight excluding hydrogens is 837 g/mol. The number of aromatic nitrogens is 2. The minimum absolute atomic E-state index is 0. The second kappa shape index (κ2) is 16.8. The summed E-state index contributed by atoms with van der Waals surface area (Å²) in [5.74, 6) is 9.66. The molecule has 0 saturated heterocycles. The molecule has 6 rings (SSSR count). The zero-order valence-electron chi connectivity index (χ0n) is 30.9. The molecule has 0 saturated carbocycles. The van der Waals surface area contributed by atoms with Crippen LogP contribution >= 0.6 is 0 Å². The molecule has 0 aliphatic carbocycles. The van der Waals surface area contributed by atoms with Crippen molar-refractivity contribution in [1.29, 1.82) is 0 Å². The summed E-state index contributed by atoms with van der Waals surface area (Å²) in [6, 6.07) is 32.0. The minimum atomic E-state index is -1.87. The monoisotopic (exact) mass is 891 g/mol. The van der Waals surface area contributed by atoms with Gasteiger partial charge in [0, 0.05) is 31.7 Å². The minimum Gasteiger partial charge on any atom is 0 e. The second-order valence-electron chi connectivity index (χ2n) is 15.1. The van der Waals surface area contributed by atoms with E-state index in [2.05, 4.69) is 144 Å². The topological polar surface area (TPSA) is 38.9 Å². The smallest absolute Gasteiger partial charge is 0 e. The Morgan fingerprint density at radius 3 is 2.14 bits per heavy atom. The summed E-state index contributed by atoms with van der Waals surface area (Å²) in [4.78, 5) is 9.33. The van der Waals surface area contributed by atoms with Crippen LogP contribution in [-0.2, 0) is 26.5 Å². The predicted octanol–water partition coefficient (Wildman–Crippen LogP) is 12.0. The van der Waals surface area contributed by atoms with Crippen LogP contribution < -0.4 is 4.40 Å². The van der Waals surface area contributed by atoms with Gasteiger partial charge in [0.2, 0.25) is 0 Å². The van der Waals surface area contributed by atoms with Crippen molar-refractivity contribution in [3.63, 3.8) is 0 Å². The maximum atomic E-state index is 6.02. The van der Waals surface area contributed by atoms with Crippen molar-refractivity contribution in [2.24, 2.45) is 11.8 Å². The molecule has 3 nitrogen and oxygen atoms in total. The largest absolute Gasteiger partial charge is 0 e. The summed E-state index contributed by atoms with van der Waals surface area (Å²) in [6.45, 7) is 15.8. The molecule has 0 amide bonds. The van der Waals surface area contributed by atoms with Crippen molar-refractivity contribution >= 4 is 39.6 Å². The second-order valence-corrected chi connectivity index (χ2v) is 25.7. The molecule has 0 N–H and O–H groups in total. The Bertz CT molecular complexity index is 1970. The van der Waals surface area contributed by atoms with Gasteiger partial charge in [0.15, 0.2) is 0 Å². The molecule has 3 aromatic carbocycles. The van der Waals surface area contributed by atoms with Crippen LogP contribution in [0.2, 0.25) is 17.3 Å². The SMILES string of the molecule is CC(C)c1ccc2oc3c[c-]c(-c4cc(C(C)C(C)C)ccn4)cc3c2c1.CCC(C)Cc1cc(-c2[c-]cccc2)nc[c]1[Ge]([CH3])([CH3])[CH3].[Ir]. The summed E-state index contributed by atoms with van der Waals surface area (Å²) in [7, 11) is 0. The molecule has 259 valence electrons. The number of hydrogen-bond acceptors (Lipinski definition) is 3. The van der Waals surface area contributed by atoms with Crippen molar-refractivity contribution in [2.75, 3.05) is 0 Å². The van der Waals surface area contributed by atoms with Gasteiger partial charge < -0.3 is 9.40 Å². The van der Waals surface area contributed by atoms with Crippen LogP contribution in [0.15, 0.2) is 89.6 Å². The molecule has 0 spiro atoms. The standard InChI is InChI=1S/C25H26NO.C19H26GeN.Ir/c1-15(2)17(5)19-10-11-26-23(14-19)20-7-9-25-22(13-20)21-12-18(16(3)4)6-8-24(21)27-25;1-6-15(2)12-17-13-19(16-10-8-7-9-11-16)21-14-18(17)20(3,4)5;/h6,8-17H,1-5H3;7-10,13-15H,6,12H2,1-5H3;/q2*-1;. The molecule has 2 atom stereocenters. The van der Waals surface area contributed by atoms with Crippen molar-refractivity contribution in [1.82, 2.24) is 9.97 Å². The Morgan fingerprint density at radius 2 is 1.49 bits per heavy atom. The fourth-order valence-corrected chi connectivity index (χ4v) is 9.40. The molecule has 0 fully saturated rings. The normalized spacial score (nSPS) is 12.9. The first kappa shape index (κ1) is 38.7. The summed E-state index contributed by atoms with van der Waals surface area (Å²) >= 11 is -1.87. The van der Waals surface area contributed by atoms with E-state index >= 15 is 0 Å². The third-order valence-electron chi connectivity index (χ3n) is 9.73. The Hall–Kier alpha value is -3.05. The first-order chi connectivity index (χ1) is 22.8. The van der Waals surface area contributed by atoms with Gasteiger partial charge in [0.05, 0.1) is 5.58 Å². The quantitative estimate of drug-likeness (QED) is 0.107. The van der Waals surface area contributed by atoms with Crippen LogP contribution in [0.25, 0.3) is 44.5 Å². The average molecular weight is 890 g/mol. The summed E-state index contributed by atoms with van der Waals surface area (Å²) < 4.78 is 7.57.